The minimum absolute atomic E-state index is 0.0668. The van der Waals surface area contributed by atoms with Crippen LogP contribution in [0.25, 0.3) is 0 Å². The van der Waals surface area contributed by atoms with Gasteiger partial charge in [0, 0.05) is 44.5 Å². The van der Waals surface area contributed by atoms with Crippen molar-refractivity contribution in [3.8, 4) is 0 Å². The van der Waals surface area contributed by atoms with Gasteiger partial charge in [-0.2, -0.15) is 0 Å². The second-order valence-corrected chi connectivity index (χ2v) is 8.99. The van der Waals surface area contributed by atoms with E-state index in [0.29, 0.717) is 30.0 Å². The van der Waals surface area contributed by atoms with Crippen LogP contribution in [0.15, 0.2) is 72.8 Å². The average Bonchev–Trinajstić information content (AvgIpc) is 2.88. The van der Waals surface area contributed by atoms with Gasteiger partial charge in [-0.25, -0.2) is 0 Å². The summed E-state index contributed by atoms with van der Waals surface area (Å²) in [5.41, 5.74) is 11.2. The highest BCUT2D eigenvalue weighted by Crippen LogP contribution is 2.29. The van der Waals surface area contributed by atoms with Gasteiger partial charge in [-0.1, -0.05) is 48.5 Å². The molecule has 4 N–H and O–H groups in total. The van der Waals surface area contributed by atoms with E-state index in [-0.39, 0.29) is 5.91 Å². The van der Waals surface area contributed by atoms with Gasteiger partial charge in [0.25, 0.3) is 5.91 Å². The predicted molar refractivity (Wildman–Crippen MR) is 137 cm³/mol. The number of hydrogen-bond acceptors (Lipinski definition) is 5. The van der Waals surface area contributed by atoms with E-state index < -0.39 is 7.12 Å². The van der Waals surface area contributed by atoms with E-state index in [2.05, 4.69) is 24.3 Å². The predicted octanol–water partition coefficient (Wildman–Crippen LogP) is 2.48. The summed E-state index contributed by atoms with van der Waals surface area (Å²) >= 11 is 0. The zero-order valence-corrected chi connectivity index (χ0v) is 19.6. The molecule has 0 saturated carbocycles. The van der Waals surface area contributed by atoms with E-state index >= 15 is 0 Å². The maximum absolute atomic E-state index is 13.1. The van der Waals surface area contributed by atoms with Crippen LogP contribution in [0.4, 0.5) is 5.69 Å². The molecule has 4 rings (SSSR count). The molecular weight excluding hydrogens is 425 g/mol. The van der Waals surface area contributed by atoms with Crippen molar-refractivity contribution in [1.82, 2.24) is 4.90 Å². The zero-order chi connectivity index (χ0) is 24.1. The van der Waals surface area contributed by atoms with Crippen molar-refractivity contribution in [1.29, 1.82) is 0 Å². The Morgan fingerprint density at radius 3 is 2.41 bits per heavy atom. The molecule has 0 aromatic heterocycles. The highest BCUT2D eigenvalue weighted by molar-refractivity contribution is 6.59. The van der Waals surface area contributed by atoms with E-state index in [1.807, 2.05) is 53.2 Å². The van der Waals surface area contributed by atoms with Gasteiger partial charge >= 0.3 is 7.12 Å². The first-order chi connectivity index (χ1) is 16.5. The highest BCUT2D eigenvalue weighted by Gasteiger charge is 2.25. The molecule has 34 heavy (non-hydrogen) atoms. The van der Waals surface area contributed by atoms with Gasteiger partial charge in [0.05, 0.1) is 0 Å². The summed E-state index contributed by atoms with van der Waals surface area (Å²) in [6.45, 7) is 2.57. The Morgan fingerprint density at radius 1 is 1.03 bits per heavy atom. The van der Waals surface area contributed by atoms with Crippen LogP contribution in [-0.4, -0.2) is 48.1 Å². The molecule has 1 aliphatic rings. The minimum Gasteiger partial charge on any atom is -0.423 e. The van der Waals surface area contributed by atoms with Crippen molar-refractivity contribution >= 4 is 24.2 Å². The second-order valence-electron chi connectivity index (χ2n) is 8.99. The lowest BCUT2D eigenvalue weighted by molar-refractivity contribution is 0.0713. The Labute approximate surface area is 201 Å². The maximum Gasteiger partial charge on any atom is 0.488 e. The quantitative estimate of drug-likeness (QED) is 0.475. The van der Waals surface area contributed by atoms with Crippen molar-refractivity contribution in [3.05, 3.63) is 95.1 Å². The Morgan fingerprint density at radius 2 is 1.74 bits per heavy atom. The fourth-order valence-corrected chi connectivity index (χ4v) is 4.71. The Balaban J connectivity index is 1.36. The average molecular weight is 457 g/mol. The van der Waals surface area contributed by atoms with Crippen LogP contribution >= 0.6 is 0 Å². The highest BCUT2D eigenvalue weighted by atomic mass is 16.4. The molecule has 0 spiro atoms. The standard InChI is InChI=1S/C27H32BN3O3/c1-30(19-24-6-2-3-8-26(24)28(33)34)25-11-9-22(10-12-25)27(32)31-15-13-21(14-16-31)23-7-4-5-20(17-23)18-29/h2-12,17,21,33-34H,13-16,18-19,29H2,1H3. The lowest BCUT2D eigenvalue weighted by Crippen LogP contribution is -2.38. The van der Waals surface area contributed by atoms with Gasteiger partial charge in [-0.05, 0) is 65.2 Å². The fraction of sp³-hybridized carbons (Fsp3) is 0.296. The first-order valence-electron chi connectivity index (χ1n) is 11.8. The zero-order valence-electron chi connectivity index (χ0n) is 19.6. The van der Waals surface area contributed by atoms with E-state index in [9.17, 15) is 14.8 Å². The van der Waals surface area contributed by atoms with Crippen LogP contribution in [0, 0.1) is 0 Å². The number of carbonyl (C=O) groups excluding carboxylic acids is 1. The fourth-order valence-electron chi connectivity index (χ4n) is 4.71. The molecule has 0 bridgehead atoms. The molecule has 0 unspecified atom stereocenters. The van der Waals surface area contributed by atoms with Crippen molar-refractivity contribution in [2.45, 2.75) is 31.8 Å². The van der Waals surface area contributed by atoms with Crippen LogP contribution in [0.2, 0.25) is 0 Å². The first kappa shape index (κ1) is 24.0. The molecule has 7 heteroatoms. The number of nitrogens with two attached hydrogens (primary N) is 1. The number of benzene rings is 3. The third-order valence-corrected chi connectivity index (χ3v) is 6.74. The maximum atomic E-state index is 13.1. The van der Waals surface area contributed by atoms with Crippen LogP contribution in [0.1, 0.15) is 45.8 Å². The van der Waals surface area contributed by atoms with Gasteiger partial charge in [0.15, 0.2) is 0 Å². The number of anilines is 1. The van der Waals surface area contributed by atoms with Gasteiger partial charge in [0.1, 0.15) is 0 Å². The van der Waals surface area contributed by atoms with Crippen LogP contribution in [-0.2, 0) is 13.1 Å². The van der Waals surface area contributed by atoms with Gasteiger partial charge in [-0.3, -0.25) is 4.79 Å². The minimum atomic E-state index is -1.50. The molecule has 1 amide bonds. The molecule has 3 aromatic rings. The van der Waals surface area contributed by atoms with Crippen molar-refractivity contribution in [2.24, 2.45) is 5.73 Å². The number of rotatable bonds is 7. The lowest BCUT2D eigenvalue weighted by Gasteiger charge is -2.32. The topological polar surface area (TPSA) is 90.0 Å². The van der Waals surface area contributed by atoms with E-state index in [0.717, 1.165) is 42.7 Å². The number of likely N-dealkylation sites (tertiary alicyclic amines) is 1. The van der Waals surface area contributed by atoms with Crippen molar-refractivity contribution in [2.75, 3.05) is 25.0 Å². The smallest absolute Gasteiger partial charge is 0.423 e. The van der Waals surface area contributed by atoms with Crippen LogP contribution in [0.5, 0.6) is 0 Å². The normalized spacial score (nSPS) is 14.2. The largest absolute Gasteiger partial charge is 0.488 e. The van der Waals surface area contributed by atoms with E-state index in [1.165, 1.54) is 5.56 Å². The summed E-state index contributed by atoms with van der Waals surface area (Å²) < 4.78 is 0. The van der Waals surface area contributed by atoms with Crippen molar-refractivity contribution in [3.63, 3.8) is 0 Å². The molecule has 0 radical (unpaired) electrons. The monoisotopic (exact) mass is 457 g/mol. The molecule has 1 fully saturated rings. The SMILES string of the molecule is CN(Cc1ccccc1B(O)O)c1ccc(C(=O)N2CCC(c3cccc(CN)c3)CC2)cc1. The summed E-state index contributed by atoms with van der Waals surface area (Å²) in [5, 5.41) is 19.2. The molecule has 3 aromatic carbocycles. The molecule has 176 valence electrons. The Hall–Kier alpha value is -3.13. The summed E-state index contributed by atoms with van der Waals surface area (Å²) in [6, 6.07) is 23.4. The molecular formula is C27H32BN3O3. The number of amides is 1. The van der Waals surface area contributed by atoms with Crippen LogP contribution < -0.4 is 16.1 Å². The summed E-state index contributed by atoms with van der Waals surface area (Å²) in [6.07, 6.45) is 1.91. The van der Waals surface area contributed by atoms with Crippen LogP contribution in [0.3, 0.4) is 0 Å². The van der Waals surface area contributed by atoms with E-state index in [4.69, 9.17) is 5.73 Å². The Kier molecular flexibility index (Phi) is 7.68. The van der Waals surface area contributed by atoms with Gasteiger partial charge in [-0.15, -0.1) is 0 Å². The number of piperidine rings is 1. The second kappa shape index (κ2) is 10.9. The molecule has 0 aliphatic carbocycles. The first-order valence-corrected chi connectivity index (χ1v) is 11.8. The Bertz CT molecular complexity index is 1110. The summed E-state index contributed by atoms with van der Waals surface area (Å²) in [4.78, 5) is 17.0. The van der Waals surface area contributed by atoms with Crippen molar-refractivity contribution < 1.29 is 14.8 Å². The van der Waals surface area contributed by atoms with E-state index in [1.54, 1.807) is 12.1 Å². The third kappa shape index (κ3) is 5.50. The lowest BCUT2D eigenvalue weighted by atomic mass is 9.77. The summed E-state index contributed by atoms with van der Waals surface area (Å²) in [5.74, 6) is 0.531. The number of carbonyl (C=O) groups is 1. The summed E-state index contributed by atoms with van der Waals surface area (Å²) in [7, 11) is 0.445. The molecule has 6 nitrogen and oxygen atoms in total. The molecule has 1 heterocycles. The van der Waals surface area contributed by atoms with Gasteiger partial charge in [0.2, 0.25) is 0 Å². The molecule has 0 atom stereocenters. The number of hydrogen-bond donors (Lipinski definition) is 3. The third-order valence-electron chi connectivity index (χ3n) is 6.74. The van der Waals surface area contributed by atoms with Gasteiger partial charge < -0.3 is 25.6 Å². The molecule has 1 saturated heterocycles. The number of nitrogens with zero attached hydrogens (tertiary/aromatic N) is 2. The molecule has 1 aliphatic heterocycles.